The Hall–Kier alpha value is -1.02. The van der Waals surface area contributed by atoms with E-state index in [-0.39, 0.29) is 5.54 Å². The lowest BCUT2D eigenvalue weighted by Gasteiger charge is -2.42. The molecule has 1 aromatic carbocycles. The summed E-state index contributed by atoms with van der Waals surface area (Å²) in [6.07, 6.45) is 2.41. The molecule has 2 heteroatoms. The van der Waals surface area contributed by atoms with Gasteiger partial charge < -0.3 is 10.2 Å². The topological polar surface area (TPSA) is 15.3 Å². The third-order valence-corrected chi connectivity index (χ3v) is 3.73. The zero-order valence-corrected chi connectivity index (χ0v) is 11.3. The number of nitrogens with one attached hydrogen (secondary N) is 1. The highest BCUT2D eigenvalue weighted by atomic mass is 15.2. The molecule has 0 radical (unpaired) electrons. The van der Waals surface area contributed by atoms with Crippen molar-refractivity contribution in [3.8, 4) is 0 Å². The van der Waals surface area contributed by atoms with Gasteiger partial charge in [-0.1, -0.05) is 17.7 Å². The van der Waals surface area contributed by atoms with E-state index in [1.165, 1.54) is 24.1 Å². The third-order valence-electron chi connectivity index (χ3n) is 3.73. The Kier molecular flexibility index (Phi) is 3.72. The smallest absolute Gasteiger partial charge is 0.0370 e. The van der Waals surface area contributed by atoms with Gasteiger partial charge >= 0.3 is 0 Å². The summed E-state index contributed by atoms with van der Waals surface area (Å²) in [6, 6.07) is 8.93. The lowest BCUT2D eigenvalue weighted by atomic mass is 9.95. The summed E-state index contributed by atoms with van der Waals surface area (Å²) in [4.78, 5) is 2.56. The number of anilines is 1. The van der Waals surface area contributed by atoms with Crippen LogP contribution >= 0.6 is 0 Å². The fourth-order valence-corrected chi connectivity index (χ4v) is 2.52. The summed E-state index contributed by atoms with van der Waals surface area (Å²) >= 11 is 0. The van der Waals surface area contributed by atoms with Crippen LogP contribution in [0.3, 0.4) is 0 Å². The molecule has 0 aliphatic carbocycles. The second-order valence-corrected chi connectivity index (χ2v) is 5.65. The molecule has 0 amide bonds. The molecule has 0 bridgehead atoms. The summed E-state index contributed by atoms with van der Waals surface area (Å²) in [7, 11) is 0. The number of nitrogens with zero attached hydrogens (tertiary/aromatic N) is 1. The van der Waals surface area contributed by atoms with Crippen LogP contribution in [-0.2, 0) is 0 Å². The predicted octanol–water partition coefficient (Wildman–Crippen LogP) is 2.96. The minimum absolute atomic E-state index is 0.239. The van der Waals surface area contributed by atoms with E-state index < -0.39 is 0 Å². The van der Waals surface area contributed by atoms with E-state index in [2.05, 4.69) is 55.3 Å². The molecule has 0 atom stereocenters. The lowest BCUT2D eigenvalue weighted by molar-refractivity contribution is 0.387. The normalized spacial score (nSPS) is 20.8. The van der Waals surface area contributed by atoms with Crippen LogP contribution in [0, 0.1) is 6.92 Å². The van der Waals surface area contributed by atoms with Gasteiger partial charge in [-0.25, -0.2) is 0 Å². The van der Waals surface area contributed by atoms with Crippen molar-refractivity contribution >= 4 is 5.69 Å². The van der Waals surface area contributed by atoms with Crippen molar-refractivity contribution in [3.05, 3.63) is 29.8 Å². The van der Waals surface area contributed by atoms with Crippen LogP contribution in [0.25, 0.3) is 0 Å². The first-order valence-electron chi connectivity index (χ1n) is 6.65. The molecule has 2 nitrogen and oxygen atoms in total. The molecule has 1 aromatic rings. The van der Waals surface area contributed by atoms with Crippen molar-refractivity contribution in [2.24, 2.45) is 0 Å². The Morgan fingerprint density at radius 1 is 1.12 bits per heavy atom. The van der Waals surface area contributed by atoms with E-state index in [1.54, 1.807) is 0 Å². The molecule has 94 valence electrons. The van der Waals surface area contributed by atoms with Gasteiger partial charge in [-0.3, -0.25) is 0 Å². The molecular formula is C15H24N2. The molecule has 1 aliphatic heterocycles. The van der Waals surface area contributed by atoms with Crippen molar-refractivity contribution in [1.82, 2.24) is 5.32 Å². The van der Waals surface area contributed by atoms with E-state index in [9.17, 15) is 0 Å². The largest absolute Gasteiger partial charge is 0.366 e. The quantitative estimate of drug-likeness (QED) is 0.801. The number of hydrogen-bond acceptors (Lipinski definition) is 2. The maximum absolute atomic E-state index is 3.50. The van der Waals surface area contributed by atoms with Crippen LogP contribution in [0.1, 0.15) is 32.3 Å². The maximum atomic E-state index is 3.50. The molecule has 2 rings (SSSR count). The van der Waals surface area contributed by atoms with Gasteiger partial charge in [0.05, 0.1) is 0 Å². The first-order chi connectivity index (χ1) is 8.09. The van der Waals surface area contributed by atoms with Gasteiger partial charge in [-0.05, 0) is 58.8 Å². The maximum Gasteiger partial charge on any atom is 0.0370 e. The van der Waals surface area contributed by atoms with Crippen molar-refractivity contribution in [3.63, 3.8) is 0 Å². The van der Waals surface area contributed by atoms with Crippen LogP contribution in [-0.4, -0.2) is 25.2 Å². The molecule has 1 fully saturated rings. The fraction of sp³-hybridized carbons (Fsp3) is 0.600. The highest BCUT2D eigenvalue weighted by Gasteiger charge is 2.27. The minimum atomic E-state index is 0.239. The van der Waals surface area contributed by atoms with E-state index in [4.69, 9.17) is 0 Å². The molecule has 0 spiro atoms. The number of rotatable bonds is 1. The highest BCUT2D eigenvalue weighted by molar-refractivity contribution is 5.49. The van der Waals surface area contributed by atoms with Crippen LogP contribution in [0.2, 0.25) is 0 Å². The molecule has 1 saturated heterocycles. The van der Waals surface area contributed by atoms with Crippen molar-refractivity contribution in [1.29, 1.82) is 0 Å². The Balaban J connectivity index is 2.22. The SMILES string of the molecule is Cc1ccc(N2CCCNCCC2(C)C)cc1. The Morgan fingerprint density at radius 3 is 2.53 bits per heavy atom. The van der Waals surface area contributed by atoms with Crippen LogP contribution in [0.4, 0.5) is 5.69 Å². The third kappa shape index (κ3) is 3.01. The Labute approximate surface area is 105 Å². The van der Waals surface area contributed by atoms with Gasteiger partial charge in [-0.2, -0.15) is 0 Å². The van der Waals surface area contributed by atoms with Crippen molar-refractivity contribution < 1.29 is 0 Å². The number of aryl methyl sites for hydroxylation is 1. The highest BCUT2D eigenvalue weighted by Crippen LogP contribution is 2.27. The predicted molar refractivity (Wildman–Crippen MR) is 74.7 cm³/mol. The first kappa shape index (κ1) is 12.4. The van der Waals surface area contributed by atoms with Gasteiger partial charge in [0.25, 0.3) is 0 Å². The molecule has 17 heavy (non-hydrogen) atoms. The molecule has 0 unspecified atom stereocenters. The molecule has 1 aliphatic rings. The standard InChI is InChI=1S/C15H24N2/c1-13-5-7-14(8-6-13)17-12-4-10-16-11-9-15(17,2)3/h5-8,16H,4,9-12H2,1-3H3. The zero-order valence-electron chi connectivity index (χ0n) is 11.3. The molecule has 0 saturated carbocycles. The molecular weight excluding hydrogens is 208 g/mol. The summed E-state index contributed by atoms with van der Waals surface area (Å²) in [6.45, 7) is 10.2. The van der Waals surface area contributed by atoms with E-state index in [0.717, 1.165) is 19.6 Å². The van der Waals surface area contributed by atoms with Gasteiger partial charge in [0.1, 0.15) is 0 Å². The summed E-state index contributed by atoms with van der Waals surface area (Å²) in [5.74, 6) is 0. The lowest BCUT2D eigenvalue weighted by Crippen LogP contribution is -2.48. The average Bonchev–Trinajstić information content (AvgIpc) is 2.27. The average molecular weight is 232 g/mol. The van der Waals surface area contributed by atoms with Gasteiger partial charge in [0.2, 0.25) is 0 Å². The fourth-order valence-electron chi connectivity index (χ4n) is 2.52. The van der Waals surface area contributed by atoms with E-state index in [0.29, 0.717) is 0 Å². The second kappa shape index (κ2) is 5.09. The van der Waals surface area contributed by atoms with Crippen molar-refractivity contribution in [2.75, 3.05) is 24.5 Å². The van der Waals surface area contributed by atoms with Crippen molar-refractivity contribution in [2.45, 2.75) is 39.2 Å². The van der Waals surface area contributed by atoms with E-state index >= 15 is 0 Å². The van der Waals surface area contributed by atoms with Gasteiger partial charge in [0, 0.05) is 17.8 Å². The zero-order chi connectivity index (χ0) is 12.3. The van der Waals surface area contributed by atoms with Crippen LogP contribution in [0.5, 0.6) is 0 Å². The molecule has 1 N–H and O–H groups in total. The molecule has 0 aromatic heterocycles. The first-order valence-corrected chi connectivity index (χ1v) is 6.65. The number of hydrogen-bond donors (Lipinski definition) is 1. The van der Waals surface area contributed by atoms with Crippen LogP contribution < -0.4 is 10.2 Å². The summed E-state index contributed by atoms with van der Waals surface area (Å²) < 4.78 is 0. The minimum Gasteiger partial charge on any atom is -0.366 e. The van der Waals surface area contributed by atoms with Gasteiger partial charge in [0.15, 0.2) is 0 Å². The number of benzene rings is 1. The summed E-state index contributed by atoms with van der Waals surface area (Å²) in [5, 5.41) is 3.50. The van der Waals surface area contributed by atoms with Gasteiger partial charge in [-0.15, -0.1) is 0 Å². The van der Waals surface area contributed by atoms with E-state index in [1.807, 2.05) is 0 Å². The Morgan fingerprint density at radius 2 is 1.82 bits per heavy atom. The second-order valence-electron chi connectivity index (χ2n) is 5.65. The molecule has 1 heterocycles. The summed E-state index contributed by atoms with van der Waals surface area (Å²) in [5.41, 5.74) is 2.94. The monoisotopic (exact) mass is 232 g/mol. The Bertz CT molecular complexity index is 354. The van der Waals surface area contributed by atoms with Crippen LogP contribution in [0.15, 0.2) is 24.3 Å².